The summed E-state index contributed by atoms with van der Waals surface area (Å²) < 4.78 is 93.5. The van der Waals surface area contributed by atoms with Crippen LogP contribution in [0.3, 0.4) is 0 Å². The van der Waals surface area contributed by atoms with E-state index in [1.165, 1.54) is 0 Å². The van der Waals surface area contributed by atoms with Crippen LogP contribution in [0.4, 0.5) is 30.7 Å². The fourth-order valence-electron chi connectivity index (χ4n) is 1.56. The predicted molar refractivity (Wildman–Crippen MR) is 58.1 cm³/mol. The van der Waals surface area contributed by atoms with Gasteiger partial charge in [-0.3, -0.25) is 4.79 Å². The van der Waals surface area contributed by atoms with Gasteiger partial charge in [-0.25, -0.2) is 4.39 Å². The van der Waals surface area contributed by atoms with Gasteiger partial charge < -0.3 is 4.74 Å². The molecule has 0 bridgehead atoms. The SMILES string of the molecule is COc1cc(C(F)(C(F)(F)F)C(F)(F)F)ccc1C(=O)Cl. The number of carbonyl (C=O) groups is 1. The highest BCUT2D eigenvalue weighted by Gasteiger charge is 2.73. The van der Waals surface area contributed by atoms with Gasteiger partial charge in [0, 0.05) is 5.56 Å². The fourth-order valence-corrected chi connectivity index (χ4v) is 1.71. The molecule has 0 aliphatic carbocycles. The second-order valence-corrected chi connectivity index (χ2v) is 4.19. The van der Waals surface area contributed by atoms with Crippen LogP contribution in [0.25, 0.3) is 0 Å². The maximum Gasteiger partial charge on any atom is 0.435 e. The average Bonchev–Trinajstić information content (AvgIpc) is 2.34. The molecule has 0 fully saturated rings. The molecule has 0 radical (unpaired) electrons. The van der Waals surface area contributed by atoms with Gasteiger partial charge in [-0.15, -0.1) is 0 Å². The van der Waals surface area contributed by atoms with E-state index in [2.05, 4.69) is 4.74 Å². The van der Waals surface area contributed by atoms with Crippen LogP contribution in [-0.4, -0.2) is 24.7 Å². The quantitative estimate of drug-likeness (QED) is 0.604. The van der Waals surface area contributed by atoms with Crippen LogP contribution in [0.15, 0.2) is 18.2 Å². The number of hydrogen-bond donors (Lipinski definition) is 0. The van der Waals surface area contributed by atoms with E-state index in [9.17, 15) is 35.5 Å². The largest absolute Gasteiger partial charge is 0.496 e. The molecule has 10 heteroatoms. The molecule has 0 unspecified atom stereocenters. The summed E-state index contributed by atoms with van der Waals surface area (Å²) in [6, 6.07) is 0.838. The van der Waals surface area contributed by atoms with Crippen molar-refractivity contribution in [1.82, 2.24) is 0 Å². The van der Waals surface area contributed by atoms with Crippen molar-refractivity contribution in [2.45, 2.75) is 18.0 Å². The number of halogens is 8. The highest BCUT2D eigenvalue weighted by Crippen LogP contribution is 2.53. The number of alkyl halides is 7. The van der Waals surface area contributed by atoms with Gasteiger partial charge in [0.1, 0.15) is 5.75 Å². The van der Waals surface area contributed by atoms with Crippen molar-refractivity contribution in [2.75, 3.05) is 7.11 Å². The highest BCUT2D eigenvalue weighted by molar-refractivity contribution is 6.68. The molecule has 0 aromatic heterocycles. The van der Waals surface area contributed by atoms with Crippen molar-refractivity contribution in [3.63, 3.8) is 0 Å². The first-order chi connectivity index (χ1) is 9.36. The number of benzene rings is 1. The molecule has 0 saturated carbocycles. The normalized spacial score (nSPS) is 13.2. The Morgan fingerprint density at radius 3 is 1.86 bits per heavy atom. The predicted octanol–water partition coefficient (Wildman–Crippen LogP) is 4.36. The number of ether oxygens (including phenoxy) is 1. The van der Waals surface area contributed by atoms with E-state index < -0.39 is 40.1 Å². The molecule has 1 aromatic rings. The van der Waals surface area contributed by atoms with Crippen LogP contribution in [-0.2, 0) is 5.67 Å². The average molecular weight is 339 g/mol. The van der Waals surface area contributed by atoms with E-state index in [4.69, 9.17) is 11.6 Å². The number of carbonyl (C=O) groups excluding carboxylic acids is 1. The van der Waals surface area contributed by atoms with E-state index in [1.807, 2.05) is 0 Å². The van der Waals surface area contributed by atoms with Gasteiger partial charge in [0.15, 0.2) is 0 Å². The van der Waals surface area contributed by atoms with Crippen LogP contribution < -0.4 is 4.74 Å². The smallest absolute Gasteiger partial charge is 0.435 e. The minimum Gasteiger partial charge on any atom is -0.496 e. The van der Waals surface area contributed by atoms with Gasteiger partial charge in [-0.05, 0) is 23.7 Å². The van der Waals surface area contributed by atoms with Gasteiger partial charge >= 0.3 is 18.0 Å². The molecule has 1 rings (SSSR count). The first kappa shape index (κ1) is 17.5. The van der Waals surface area contributed by atoms with Gasteiger partial charge in [0.25, 0.3) is 5.24 Å². The maximum atomic E-state index is 13.8. The van der Waals surface area contributed by atoms with E-state index in [-0.39, 0.29) is 12.1 Å². The lowest BCUT2D eigenvalue weighted by Gasteiger charge is -2.30. The summed E-state index contributed by atoms with van der Waals surface area (Å²) in [6.07, 6.45) is -12.5. The third kappa shape index (κ3) is 2.92. The van der Waals surface area contributed by atoms with Crippen molar-refractivity contribution in [3.05, 3.63) is 29.3 Å². The minimum absolute atomic E-state index is 0.136. The molecule has 2 nitrogen and oxygen atoms in total. The first-order valence-corrected chi connectivity index (χ1v) is 5.44. The second kappa shape index (κ2) is 5.36. The molecular formula is C11H6ClF7O2. The number of methoxy groups -OCH3 is 1. The van der Waals surface area contributed by atoms with Crippen molar-refractivity contribution in [1.29, 1.82) is 0 Å². The Kier molecular flexibility index (Phi) is 4.48. The zero-order chi connectivity index (χ0) is 16.6. The second-order valence-electron chi connectivity index (χ2n) is 3.84. The van der Waals surface area contributed by atoms with Crippen molar-refractivity contribution >= 4 is 16.8 Å². The Hall–Kier alpha value is -1.51. The summed E-state index contributed by atoms with van der Waals surface area (Å²) in [5.74, 6) is -0.706. The monoisotopic (exact) mass is 338 g/mol. The lowest BCUT2D eigenvalue weighted by atomic mass is 9.93. The Morgan fingerprint density at radius 2 is 1.52 bits per heavy atom. The van der Waals surface area contributed by atoms with E-state index in [0.29, 0.717) is 6.07 Å². The van der Waals surface area contributed by atoms with Crippen LogP contribution >= 0.6 is 11.6 Å². The highest BCUT2D eigenvalue weighted by atomic mass is 35.5. The Morgan fingerprint density at radius 1 is 1.05 bits per heavy atom. The molecule has 0 heterocycles. The summed E-state index contributed by atoms with van der Waals surface area (Å²) in [7, 11) is 0.879. The van der Waals surface area contributed by atoms with Crippen molar-refractivity contribution in [2.24, 2.45) is 0 Å². The lowest BCUT2D eigenvalue weighted by Crippen LogP contribution is -2.50. The van der Waals surface area contributed by atoms with Gasteiger partial charge in [-0.2, -0.15) is 26.3 Å². The van der Waals surface area contributed by atoms with Crippen molar-refractivity contribution < 1.29 is 40.3 Å². The standard InChI is InChI=1S/C11H6ClF7O2/c1-21-7-4-5(2-3-6(7)8(12)20)9(13,10(14,15)16)11(17,18)19/h2-4H,1H3. The number of rotatable bonds is 3. The van der Waals surface area contributed by atoms with E-state index in [0.717, 1.165) is 7.11 Å². The van der Waals surface area contributed by atoms with Crippen LogP contribution in [0.2, 0.25) is 0 Å². The maximum absolute atomic E-state index is 13.8. The molecular weight excluding hydrogens is 333 g/mol. The van der Waals surface area contributed by atoms with Gasteiger partial charge in [-0.1, -0.05) is 6.07 Å². The molecule has 118 valence electrons. The third-order valence-electron chi connectivity index (χ3n) is 2.59. The molecule has 0 atom stereocenters. The van der Waals surface area contributed by atoms with E-state index >= 15 is 0 Å². The Balaban J connectivity index is 3.59. The topological polar surface area (TPSA) is 26.3 Å². The van der Waals surface area contributed by atoms with Crippen molar-refractivity contribution in [3.8, 4) is 5.75 Å². The lowest BCUT2D eigenvalue weighted by molar-refractivity contribution is -0.348. The zero-order valence-corrected chi connectivity index (χ0v) is 10.8. The molecule has 1 aromatic carbocycles. The zero-order valence-electron chi connectivity index (χ0n) is 10.1. The van der Waals surface area contributed by atoms with Gasteiger partial charge in [0.2, 0.25) is 0 Å². The van der Waals surface area contributed by atoms with E-state index in [1.54, 1.807) is 0 Å². The first-order valence-electron chi connectivity index (χ1n) is 5.07. The molecule has 21 heavy (non-hydrogen) atoms. The molecule has 0 aliphatic heterocycles. The van der Waals surface area contributed by atoms with Crippen LogP contribution in [0.1, 0.15) is 15.9 Å². The Labute approximate surface area is 118 Å². The van der Waals surface area contributed by atoms with Crippen LogP contribution in [0, 0.1) is 0 Å². The summed E-state index contributed by atoms with van der Waals surface area (Å²) in [5, 5.41) is -1.18. The van der Waals surface area contributed by atoms with Gasteiger partial charge in [0.05, 0.1) is 12.7 Å². The van der Waals surface area contributed by atoms with Crippen LogP contribution in [0.5, 0.6) is 5.75 Å². The summed E-state index contributed by atoms with van der Waals surface area (Å²) in [6.45, 7) is 0. The molecule has 0 spiro atoms. The third-order valence-corrected chi connectivity index (χ3v) is 2.80. The molecule has 0 amide bonds. The number of hydrogen-bond acceptors (Lipinski definition) is 2. The minimum atomic E-state index is -6.25. The Bertz CT molecular complexity index is 536. The summed E-state index contributed by atoms with van der Waals surface area (Å²) in [4.78, 5) is 10.9. The fraction of sp³-hybridized carbons (Fsp3) is 0.364. The molecule has 0 aliphatic rings. The molecule has 0 N–H and O–H groups in total. The molecule has 0 saturated heterocycles. The summed E-state index contributed by atoms with van der Waals surface area (Å²) >= 11 is 5.08. The summed E-state index contributed by atoms with van der Waals surface area (Å²) in [5.41, 5.74) is -7.85.